The van der Waals surface area contributed by atoms with Gasteiger partial charge in [-0.1, -0.05) is 29.4 Å². The molecule has 92 valence electrons. The van der Waals surface area contributed by atoms with E-state index in [1.807, 2.05) is 18.2 Å². The van der Waals surface area contributed by atoms with Gasteiger partial charge in [-0.2, -0.15) is 0 Å². The monoisotopic (exact) mass is 245 g/mol. The zero-order valence-corrected chi connectivity index (χ0v) is 9.37. The molecule has 1 atom stereocenters. The maximum Gasteiger partial charge on any atom is 0.199 e. The minimum Gasteiger partial charge on any atom is -0.409 e. The van der Waals surface area contributed by atoms with Crippen LogP contribution in [0.2, 0.25) is 0 Å². The Morgan fingerprint density at radius 2 is 2.28 bits per heavy atom. The quantitative estimate of drug-likeness (QED) is 0.310. The predicted octanol–water partition coefficient (Wildman–Crippen LogP) is 0.675. The lowest BCUT2D eigenvalue weighted by molar-refractivity contribution is 0.303. The summed E-state index contributed by atoms with van der Waals surface area (Å²) in [6.45, 7) is 0. The van der Waals surface area contributed by atoms with E-state index < -0.39 is 0 Å². The van der Waals surface area contributed by atoms with Crippen molar-refractivity contribution in [3.63, 3.8) is 0 Å². The highest BCUT2D eigenvalue weighted by Crippen LogP contribution is 2.32. The number of anilines is 1. The summed E-state index contributed by atoms with van der Waals surface area (Å²) < 4.78 is 4.47. The fourth-order valence-electron chi connectivity index (χ4n) is 2.06. The highest BCUT2D eigenvalue weighted by molar-refractivity contribution is 6.00. The molecule has 1 aliphatic carbocycles. The Morgan fingerprint density at radius 3 is 2.94 bits per heavy atom. The first kappa shape index (κ1) is 10.6. The summed E-state index contributed by atoms with van der Waals surface area (Å²) in [6, 6.07) is 8.14. The molecule has 1 aliphatic rings. The molecule has 18 heavy (non-hydrogen) atoms. The van der Waals surface area contributed by atoms with Crippen LogP contribution in [0.1, 0.15) is 22.9 Å². The molecular weight excluding hydrogens is 234 g/mol. The number of nitrogens with zero attached hydrogens (tertiary/aromatic N) is 3. The van der Waals surface area contributed by atoms with Crippen LogP contribution in [-0.4, -0.2) is 21.4 Å². The van der Waals surface area contributed by atoms with Crippen LogP contribution in [0.25, 0.3) is 0 Å². The molecule has 7 nitrogen and oxygen atoms in total. The lowest BCUT2D eigenvalue weighted by atomic mass is 9.83. The summed E-state index contributed by atoms with van der Waals surface area (Å²) in [6.07, 6.45) is 0.861. The van der Waals surface area contributed by atoms with E-state index in [9.17, 15) is 0 Å². The maximum atomic E-state index is 9.00. The predicted molar refractivity (Wildman–Crippen MR) is 63.1 cm³/mol. The standard InChI is InChI=1S/C11H11N5O2/c12-10-9(15-18-16-10)11(14-17)13-8-5-6-3-1-2-4-7(6)8/h1-4,8,17H,5H2,(H2,12,16)(H,13,14)/t8-/m1/s1. The molecule has 2 aromatic rings. The number of aromatic nitrogens is 2. The SMILES string of the molecule is Nc1nonc1/C(=N/O)N[C@@H]1Cc2ccccc21. The molecular formula is C11H11N5O2. The number of rotatable bonds is 2. The van der Waals surface area contributed by atoms with Crippen molar-refractivity contribution >= 4 is 11.7 Å². The fraction of sp³-hybridized carbons (Fsp3) is 0.182. The number of nitrogens with one attached hydrogen (secondary N) is 1. The minimum atomic E-state index is 0.0860. The van der Waals surface area contributed by atoms with Crippen LogP contribution in [0.4, 0.5) is 5.82 Å². The molecule has 0 fully saturated rings. The molecule has 0 bridgehead atoms. The van der Waals surface area contributed by atoms with Gasteiger partial charge in [-0.05, 0) is 27.9 Å². The summed E-state index contributed by atoms with van der Waals surface area (Å²) in [7, 11) is 0. The normalized spacial score (nSPS) is 18.0. The first-order valence-corrected chi connectivity index (χ1v) is 5.44. The van der Waals surface area contributed by atoms with Gasteiger partial charge < -0.3 is 16.3 Å². The summed E-state index contributed by atoms with van der Waals surface area (Å²) >= 11 is 0. The molecule has 0 amide bonds. The van der Waals surface area contributed by atoms with Crippen molar-refractivity contribution < 1.29 is 9.84 Å². The molecule has 0 saturated carbocycles. The van der Waals surface area contributed by atoms with Crippen molar-refractivity contribution in [1.82, 2.24) is 15.6 Å². The number of hydrogen-bond donors (Lipinski definition) is 3. The Bertz CT molecular complexity index is 607. The molecule has 0 aliphatic heterocycles. The van der Waals surface area contributed by atoms with Gasteiger partial charge >= 0.3 is 0 Å². The van der Waals surface area contributed by atoms with Crippen molar-refractivity contribution in [3.8, 4) is 0 Å². The van der Waals surface area contributed by atoms with Crippen molar-refractivity contribution in [3.05, 3.63) is 41.1 Å². The van der Waals surface area contributed by atoms with Gasteiger partial charge in [0.2, 0.25) is 0 Å². The highest BCUT2D eigenvalue weighted by atomic mass is 16.6. The smallest absolute Gasteiger partial charge is 0.199 e. The van der Waals surface area contributed by atoms with Crippen molar-refractivity contribution in [2.75, 3.05) is 5.73 Å². The molecule has 0 spiro atoms. The van der Waals surface area contributed by atoms with E-state index in [1.54, 1.807) is 0 Å². The Labute approximate surface area is 102 Å². The zero-order valence-electron chi connectivity index (χ0n) is 9.37. The number of fused-ring (bicyclic) bond motifs is 1. The average Bonchev–Trinajstić information content (AvgIpc) is 2.77. The van der Waals surface area contributed by atoms with Gasteiger partial charge in [0, 0.05) is 0 Å². The van der Waals surface area contributed by atoms with Crippen molar-refractivity contribution in [1.29, 1.82) is 0 Å². The Morgan fingerprint density at radius 1 is 1.44 bits per heavy atom. The molecule has 1 heterocycles. The second kappa shape index (κ2) is 4.02. The highest BCUT2D eigenvalue weighted by Gasteiger charge is 2.28. The first-order chi connectivity index (χ1) is 8.79. The van der Waals surface area contributed by atoms with E-state index in [0.29, 0.717) is 0 Å². The Hall–Kier alpha value is -2.57. The second-order valence-electron chi connectivity index (χ2n) is 4.05. The summed E-state index contributed by atoms with van der Waals surface area (Å²) in [5, 5.41) is 22.2. The third-order valence-corrected chi connectivity index (χ3v) is 3.00. The van der Waals surface area contributed by atoms with E-state index in [-0.39, 0.29) is 23.4 Å². The summed E-state index contributed by atoms with van der Waals surface area (Å²) in [4.78, 5) is 0. The van der Waals surface area contributed by atoms with Crippen molar-refractivity contribution in [2.24, 2.45) is 5.16 Å². The fourth-order valence-corrected chi connectivity index (χ4v) is 2.06. The topological polar surface area (TPSA) is 110 Å². The molecule has 1 aromatic carbocycles. The van der Waals surface area contributed by atoms with E-state index in [4.69, 9.17) is 10.9 Å². The van der Waals surface area contributed by atoms with Crippen LogP contribution in [-0.2, 0) is 6.42 Å². The van der Waals surface area contributed by atoms with Crippen LogP contribution >= 0.6 is 0 Å². The number of nitrogen functional groups attached to an aromatic ring is 1. The lowest BCUT2D eigenvalue weighted by Gasteiger charge is -2.31. The maximum absolute atomic E-state index is 9.00. The Kier molecular flexibility index (Phi) is 2.36. The van der Waals surface area contributed by atoms with E-state index in [0.717, 1.165) is 6.42 Å². The van der Waals surface area contributed by atoms with Gasteiger partial charge in [0.15, 0.2) is 17.3 Å². The van der Waals surface area contributed by atoms with E-state index in [2.05, 4.69) is 31.5 Å². The largest absolute Gasteiger partial charge is 0.409 e. The second-order valence-corrected chi connectivity index (χ2v) is 4.05. The van der Waals surface area contributed by atoms with E-state index >= 15 is 0 Å². The molecule has 0 radical (unpaired) electrons. The molecule has 4 N–H and O–H groups in total. The number of nitrogens with two attached hydrogens (primary N) is 1. The number of hydrogen-bond acceptors (Lipinski definition) is 6. The van der Waals surface area contributed by atoms with Gasteiger partial charge in [0.05, 0.1) is 6.04 Å². The summed E-state index contributed by atoms with van der Waals surface area (Å²) in [5.41, 5.74) is 8.21. The number of amidine groups is 1. The van der Waals surface area contributed by atoms with Gasteiger partial charge in [-0.3, -0.25) is 0 Å². The van der Waals surface area contributed by atoms with Gasteiger partial charge in [0.25, 0.3) is 0 Å². The van der Waals surface area contributed by atoms with Crippen LogP contribution in [0.15, 0.2) is 34.1 Å². The Balaban J connectivity index is 1.80. The zero-order chi connectivity index (χ0) is 12.5. The van der Waals surface area contributed by atoms with Crippen molar-refractivity contribution in [2.45, 2.75) is 12.5 Å². The lowest BCUT2D eigenvalue weighted by Crippen LogP contribution is -2.36. The van der Waals surface area contributed by atoms with Crippen LogP contribution < -0.4 is 11.1 Å². The van der Waals surface area contributed by atoms with Gasteiger partial charge in [-0.15, -0.1) is 0 Å². The molecule has 7 heteroatoms. The minimum absolute atomic E-state index is 0.0860. The molecule has 0 saturated heterocycles. The molecule has 1 aromatic heterocycles. The van der Waals surface area contributed by atoms with Crippen LogP contribution in [0, 0.1) is 0 Å². The van der Waals surface area contributed by atoms with Gasteiger partial charge in [0.1, 0.15) is 0 Å². The first-order valence-electron chi connectivity index (χ1n) is 5.44. The van der Waals surface area contributed by atoms with E-state index in [1.165, 1.54) is 11.1 Å². The third kappa shape index (κ3) is 1.56. The molecule has 0 unspecified atom stereocenters. The van der Waals surface area contributed by atoms with Crippen LogP contribution in [0.5, 0.6) is 0 Å². The van der Waals surface area contributed by atoms with Crippen LogP contribution in [0.3, 0.4) is 0 Å². The third-order valence-electron chi connectivity index (χ3n) is 3.00. The average molecular weight is 245 g/mol. The number of oxime groups is 1. The van der Waals surface area contributed by atoms with Gasteiger partial charge in [-0.25, -0.2) is 4.63 Å². The number of benzene rings is 1. The molecule has 3 rings (SSSR count). The summed E-state index contributed by atoms with van der Waals surface area (Å²) in [5.74, 6) is 0.246.